The third kappa shape index (κ3) is 4.65. The monoisotopic (exact) mass is 288 g/mol. The van der Waals surface area contributed by atoms with Gasteiger partial charge in [0, 0.05) is 24.2 Å². The van der Waals surface area contributed by atoms with Gasteiger partial charge in [0.1, 0.15) is 0 Å². The quantitative estimate of drug-likeness (QED) is 0.806. The van der Waals surface area contributed by atoms with Gasteiger partial charge in [-0.05, 0) is 19.2 Å². The zero-order valence-corrected chi connectivity index (χ0v) is 11.6. The summed E-state index contributed by atoms with van der Waals surface area (Å²) in [6, 6.07) is 4.31. The minimum atomic E-state index is -2.96. The van der Waals surface area contributed by atoms with Gasteiger partial charge in [-0.2, -0.15) is 8.78 Å². The lowest BCUT2D eigenvalue weighted by molar-refractivity contribution is -0.119. The lowest BCUT2D eigenvalue weighted by atomic mass is 10.1. The van der Waals surface area contributed by atoms with E-state index in [-0.39, 0.29) is 23.3 Å². The van der Waals surface area contributed by atoms with Crippen LogP contribution in [0.2, 0.25) is 0 Å². The molecule has 112 valence electrons. The maximum atomic E-state index is 12.3. The lowest BCUT2D eigenvalue weighted by Gasteiger charge is -2.14. The van der Waals surface area contributed by atoms with Gasteiger partial charge in [0.25, 0.3) is 0 Å². The second kappa shape index (κ2) is 7.64. The highest BCUT2D eigenvalue weighted by atomic mass is 19.3. The normalized spacial score (nSPS) is 12.1. The van der Waals surface area contributed by atoms with E-state index in [9.17, 15) is 13.6 Å². The molecule has 5 nitrogen and oxygen atoms in total. The van der Waals surface area contributed by atoms with Gasteiger partial charge in [-0.1, -0.05) is 6.92 Å². The Morgan fingerprint density at radius 1 is 1.35 bits per heavy atom. The average Bonchev–Trinajstić information content (AvgIpc) is 2.38. The topological polar surface area (TPSA) is 59.6 Å². The van der Waals surface area contributed by atoms with Crippen molar-refractivity contribution in [1.29, 1.82) is 0 Å². The van der Waals surface area contributed by atoms with Crippen LogP contribution < -0.4 is 20.1 Å². The molecule has 7 heteroatoms. The van der Waals surface area contributed by atoms with E-state index < -0.39 is 6.61 Å². The molecule has 1 atom stereocenters. The van der Waals surface area contributed by atoms with Gasteiger partial charge in [-0.15, -0.1) is 0 Å². The first kappa shape index (κ1) is 16.2. The third-order valence-corrected chi connectivity index (χ3v) is 2.61. The van der Waals surface area contributed by atoms with Gasteiger partial charge in [-0.25, -0.2) is 0 Å². The number of alkyl halides is 2. The largest absolute Gasteiger partial charge is 0.493 e. The summed E-state index contributed by atoms with van der Waals surface area (Å²) in [4.78, 5) is 11.8. The van der Waals surface area contributed by atoms with Crippen LogP contribution in [-0.4, -0.2) is 33.2 Å². The number of halogens is 2. The Morgan fingerprint density at radius 3 is 2.60 bits per heavy atom. The Bertz CT molecular complexity index is 455. The molecule has 0 aliphatic carbocycles. The minimum absolute atomic E-state index is 0.124. The Labute approximate surface area is 116 Å². The molecular weight excluding hydrogens is 270 g/mol. The molecule has 2 N–H and O–H groups in total. The van der Waals surface area contributed by atoms with Gasteiger partial charge in [0.05, 0.1) is 7.11 Å². The molecule has 20 heavy (non-hydrogen) atoms. The number of carbonyl (C=O) groups is 1. The van der Waals surface area contributed by atoms with Crippen molar-refractivity contribution in [2.24, 2.45) is 5.92 Å². The summed E-state index contributed by atoms with van der Waals surface area (Å²) in [7, 11) is 3.09. The molecule has 0 heterocycles. The molecule has 0 spiro atoms. The smallest absolute Gasteiger partial charge is 0.387 e. The van der Waals surface area contributed by atoms with Crippen LogP contribution in [0.3, 0.4) is 0 Å². The van der Waals surface area contributed by atoms with Crippen LogP contribution in [0.4, 0.5) is 14.5 Å². The number of hydrogen-bond donors (Lipinski definition) is 2. The Kier molecular flexibility index (Phi) is 6.17. The first-order chi connectivity index (χ1) is 9.47. The molecule has 0 aliphatic heterocycles. The molecule has 0 radical (unpaired) electrons. The minimum Gasteiger partial charge on any atom is -0.493 e. The summed E-state index contributed by atoms with van der Waals surface area (Å²) >= 11 is 0. The number of methoxy groups -OCH3 is 1. The van der Waals surface area contributed by atoms with Crippen molar-refractivity contribution < 1.29 is 23.0 Å². The third-order valence-electron chi connectivity index (χ3n) is 2.61. The molecule has 0 fully saturated rings. The average molecular weight is 288 g/mol. The highest BCUT2D eigenvalue weighted by Crippen LogP contribution is 2.31. The SMILES string of the molecule is CNCC(C)C(=O)Nc1ccc(OC)c(OC(F)F)c1. The maximum absolute atomic E-state index is 12.3. The van der Waals surface area contributed by atoms with Crippen LogP contribution >= 0.6 is 0 Å². The van der Waals surface area contributed by atoms with Crippen LogP contribution in [0.5, 0.6) is 11.5 Å². The molecule has 0 saturated heterocycles. The fourth-order valence-electron chi connectivity index (χ4n) is 1.61. The number of rotatable bonds is 7. The van der Waals surface area contributed by atoms with E-state index in [0.29, 0.717) is 12.2 Å². The fraction of sp³-hybridized carbons (Fsp3) is 0.462. The lowest BCUT2D eigenvalue weighted by Crippen LogP contribution is -2.28. The molecule has 0 saturated carbocycles. The molecule has 0 bridgehead atoms. The predicted molar refractivity (Wildman–Crippen MR) is 71.3 cm³/mol. The molecule has 1 rings (SSSR count). The molecule has 1 amide bonds. The van der Waals surface area contributed by atoms with Gasteiger partial charge in [0.2, 0.25) is 5.91 Å². The standard InChI is InChI=1S/C13H18F2N2O3/c1-8(7-16-2)12(18)17-9-4-5-10(19-3)11(6-9)20-13(14)15/h4-6,8,13,16H,7H2,1-3H3,(H,17,18). The molecular formula is C13H18F2N2O3. The molecule has 0 aliphatic rings. The molecule has 1 aromatic rings. The zero-order chi connectivity index (χ0) is 15.1. The highest BCUT2D eigenvalue weighted by molar-refractivity contribution is 5.92. The second-order valence-corrected chi connectivity index (χ2v) is 4.19. The van der Waals surface area contributed by atoms with Gasteiger partial charge in [-0.3, -0.25) is 4.79 Å². The number of anilines is 1. The van der Waals surface area contributed by atoms with Crippen molar-refractivity contribution in [3.63, 3.8) is 0 Å². The predicted octanol–water partition coefficient (Wildman–Crippen LogP) is 2.09. The summed E-state index contributed by atoms with van der Waals surface area (Å²) in [5.74, 6) is -0.415. The van der Waals surface area contributed by atoms with E-state index >= 15 is 0 Å². The van der Waals surface area contributed by atoms with E-state index in [2.05, 4.69) is 15.4 Å². The first-order valence-electron chi connectivity index (χ1n) is 6.06. The summed E-state index contributed by atoms with van der Waals surface area (Å²) in [5.41, 5.74) is 0.370. The van der Waals surface area contributed by atoms with Crippen molar-refractivity contribution in [2.45, 2.75) is 13.5 Å². The van der Waals surface area contributed by atoms with Crippen molar-refractivity contribution in [3.05, 3.63) is 18.2 Å². The van der Waals surface area contributed by atoms with Crippen LogP contribution in [0.1, 0.15) is 6.92 Å². The van der Waals surface area contributed by atoms with Gasteiger partial charge in [0.15, 0.2) is 11.5 Å². The van der Waals surface area contributed by atoms with E-state index in [1.165, 1.54) is 19.2 Å². The van der Waals surface area contributed by atoms with Gasteiger partial charge < -0.3 is 20.1 Å². The summed E-state index contributed by atoms with van der Waals surface area (Å²) in [6.07, 6.45) is 0. The van der Waals surface area contributed by atoms with E-state index in [0.717, 1.165) is 0 Å². The van der Waals surface area contributed by atoms with E-state index in [1.807, 2.05) is 0 Å². The van der Waals surface area contributed by atoms with Gasteiger partial charge >= 0.3 is 6.61 Å². The highest BCUT2D eigenvalue weighted by Gasteiger charge is 2.15. The second-order valence-electron chi connectivity index (χ2n) is 4.19. The maximum Gasteiger partial charge on any atom is 0.387 e. The Morgan fingerprint density at radius 2 is 2.05 bits per heavy atom. The first-order valence-corrected chi connectivity index (χ1v) is 6.06. The number of ether oxygens (including phenoxy) is 2. The van der Waals surface area contributed by atoms with Crippen LogP contribution in [0.25, 0.3) is 0 Å². The van der Waals surface area contributed by atoms with E-state index in [1.54, 1.807) is 20.0 Å². The number of benzene rings is 1. The molecule has 1 aromatic carbocycles. The fourth-order valence-corrected chi connectivity index (χ4v) is 1.61. The van der Waals surface area contributed by atoms with Crippen LogP contribution in [0.15, 0.2) is 18.2 Å². The zero-order valence-electron chi connectivity index (χ0n) is 11.6. The van der Waals surface area contributed by atoms with E-state index in [4.69, 9.17) is 4.74 Å². The van der Waals surface area contributed by atoms with Crippen molar-refractivity contribution in [1.82, 2.24) is 5.32 Å². The Hall–Kier alpha value is -1.89. The number of hydrogen-bond acceptors (Lipinski definition) is 4. The Balaban J connectivity index is 2.83. The van der Waals surface area contributed by atoms with Crippen molar-refractivity contribution in [2.75, 3.05) is 26.0 Å². The van der Waals surface area contributed by atoms with Crippen molar-refractivity contribution in [3.8, 4) is 11.5 Å². The summed E-state index contributed by atoms with van der Waals surface area (Å²) in [6.45, 7) is -0.688. The number of amides is 1. The molecule has 0 aromatic heterocycles. The summed E-state index contributed by atoms with van der Waals surface area (Å²) < 4.78 is 33.8. The van der Waals surface area contributed by atoms with Crippen LogP contribution in [-0.2, 0) is 4.79 Å². The van der Waals surface area contributed by atoms with Crippen LogP contribution in [0, 0.1) is 5.92 Å². The molecule has 1 unspecified atom stereocenters. The number of carbonyl (C=O) groups excluding carboxylic acids is 1. The van der Waals surface area contributed by atoms with Crippen molar-refractivity contribution >= 4 is 11.6 Å². The summed E-state index contributed by atoms with van der Waals surface area (Å²) in [5, 5.41) is 5.52. The number of nitrogens with one attached hydrogen (secondary N) is 2.